The molecular formula is C28H27FN4O4S. The monoisotopic (exact) mass is 534 g/mol. The van der Waals surface area contributed by atoms with Gasteiger partial charge in [0.25, 0.3) is 0 Å². The van der Waals surface area contributed by atoms with Crippen molar-refractivity contribution in [1.29, 1.82) is 0 Å². The molecule has 5 rings (SSSR count). The molecule has 3 aromatic carbocycles. The Labute approximate surface area is 220 Å². The van der Waals surface area contributed by atoms with Gasteiger partial charge in [-0.15, -0.1) is 0 Å². The van der Waals surface area contributed by atoms with Crippen molar-refractivity contribution in [3.8, 4) is 22.7 Å². The van der Waals surface area contributed by atoms with Crippen molar-refractivity contribution in [2.75, 3.05) is 25.5 Å². The predicted octanol–water partition coefficient (Wildman–Crippen LogP) is 4.73. The van der Waals surface area contributed by atoms with Gasteiger partial charge in [0.05, 0.1) is 24.2 Å². The molecule has 0 aliphatic heterocycles. The molecule has 1 fully saturated rings. The van der Waals surface area contributed by atoms with Gasteiger partial charge in [0.15, 0.2) is 0 Å². The summed E-state index contributed by atoms with van der Waals surface area (Å²) in [6.07, 6.45) is 3.59. The Bertz CT molecular complexity index is 1520. The van der Waals surface area contributed by atoms with Crippen molar-refractivity contribution < 1.29 is 22.3 Å². The number of hydrogen-bond donors (Lipinski definition) is 1. The minimum absolute atomic E-state index is 0.0888. The van der Waals surface area contributed by atoms with Crippen molar-refractivity contribution in [3.05, 3.63) is 90.9 Å². The number of benzene rings is 3. The van der Waals surface area contributed by atoms with Gasteiger partial charge in [-0.2, -0.15) is 4.31 Å². The summed E-state index contributed by atoms with van der Waals surface area (Å²) in [4.78, 5) is 17.9. The molecule has 0 atom stereocenters. The van der Waals surface area contributed by atoms with Crippen LogP contribution < -0.4 is 10.1 Å². The van der Waals surface area contributed by atoms with E-state index >= 15 is 0 Å². The Morgan fingerprint density at radius 3 is 2.37 bits per heavy atom. The zero-order valence-corrected chi connectivity index (χ0v) is 21.6. The molecule has 10 heteroatoms. The van der Waals surface area contributed by atoms with Crippen molar-refractivity contribution in [2.24, 2.45) is 5.92 Å². The van der Waals surface area contributed by atoms with Gasteiger partial charge in [-0.3, -0.25) is 14.7 Å². The smallest absolute Gasteiger partial charge is 0.243 e. The van der Waals surface area contributed by atoms with E-state index in [1.807, 2.05) is 30.3 Å². The highest BCUT2D eigenvalue weighted by molar-refractivity contribution is 7.89. The topological polar surface area (TPSA) is 93.5 Å². The third-order valence-corrected chi connectivity index (χ3v) is 8.13. The highest BCUT2D eigenvalue weighted by Crippen LogP contribution is 2.32. The van der Waals surface area contributed by atoms with Crippen molar-refractivity contribution in [3.63, 3.8) is 0 Å². The first-order chi connectivity index (χ1) is 18.3. The molecular weight excluding hydrogens is 507 g/mol. The molecule has 1 heterocycles. The van der Waals surface area contributed by atoms with Gasteiger partial charge >= 0.3 is 0 Å². The van der Waals surface area contributed by atoms with Crippen LogP contribution in [0.5, 0.6) is 5.75 Å². The lowest BCUT2D eigenvalue weighted by atomic mass is 10.2. The lowest BCUT2D eigenvalue weighted by Gasteiger charge is -2.22. The highest BCUT2D eigenvalue weighted by atomic mass is 32.2. The molecule has 1 saturated carbocycles. The minimum Gasteiger partial charge on any atom is -0.497 e. The maximum absolute atomic E-state index is 13.6. The number of ether oxygens (including phenoxy) is 1. The molecule has 0 bridgehead atoms. The van der Waals surface area contributed by atoms with E-state index < -0.39 is 15.9 Å². The van der Waals surface area contributed by atoms with Gasteiger partial charge in [0, 0.05) is 24.0 Å². The second-order valence-corrected chi connectivity index (χ2v) is 11.1. The number of nitrogens with one attached hydrogen (secondary N) is 1. The zero-order chi connectivity index (χ0) is 26.7. The molecule has 0 saturated heterocycles. The number of anilines is 1. The van der Waals surface area contributed by atoms with Crippen molar-refractivity contribution in [2.45, 2.75) is 17.7 Å². The highest BCUT2D eigenvalue weighted by Gasteiger charge is 2.33. The maximum atomic E-state index is 13.6. The molecule has 1 amide bonds. The molecule has 4 aromatic rings. The van der Waals surface area contributed by atoms with Crippen LogP contribution in [-0.2, 0) is 14.8 Å². The fourth-order valence-corrected chi connectivity index (χ4v) is 5.54. The van der Waals surface area contributed by atoms with Gasteiger partial charge in [-0.1, -0.05) is 30.3 Å². The molecule has 196 valence electrons. The third-order valence-electron chi connectivity index (χ3n) is 6.31. The Morgan fingerprint density at radius 2 is 1.74 bits per heavy atom. The summed E-state index contributed by atoms with van der Waals surface area (Å²) < 4.78 is 48.4. The summed E-state index contributed by atoms with van der Waals surface area (Å²) in [5, 5.41) is 2.77. The molecule has 1 aromatic heterocycles. The van der Waals surface area contributed by atoms with Gasteiger partial charge in [0.1, 0.15) is 11.6 Å². The lowest BCUT2D eigenvalue weighted by molar-refractivity contribution is -0.116. The number of halogens is 1. The summed E-state index contributed by atoms with van der Waals surface area (Å²) in [6, 6.07) is 21.3. The van der Waals surface area contributed by atoms with Crippen LogP contribution in [0.15, 0.2) is 90.0 Å². The summed E-state index contributed by atoms with van der Waals surface area (Å²) in [7, 11) is -2.42. The Balaban J connectivity index is 1.42. The van der Waals surface area contributed by atoms with Crippen LogP contribution in [0.25, 0.3) is 16.9 Å². The van der Waals surface area contributed by atoms with E-state index in [1.165, 1.54) is 35.7 Å². The van der Waals surface area contributed by atoms with Crippen LogP contribution in [-0.4, -0.2) is 48.4 Å². The quantitative estimate of drug-likeness (QED) is 0.318. The molecule has 0 unspecified atom stereocenters. The normalized spacial score (nSPS) is 13.4. The predicted molar refractivity (Wildman–Crippen MR) is 142 cm³/mol. The molecule has 38 heavy (non-hydrogen) atoms. The summed E-state index contributed by atoms with van der Waals surface area (Å²) in [5.74, 6) is 0.0474. The standard InChI is InChI=1S/C28H27FN4O4S/c1-37-24-13-15-25(16-14-24)38(35,36)32(17-20-7-8-20)19-27(34)31-28-30-26(21-5-3-2-4-6-21)18-33(28)23-11-9-22(29)10-12-23/h2-6,9-16,18,20H,7-8,17,19H2,1H3,(H,30,31,34). The SMILES string of the molecule is COc1ccc(S(=O)(=O)N(CC(=O)Nc2nc(-c3ccccc3)cn2-c2ccc(F)cc2)CC2CC2)cc1. The first-order valence-corrected chi connectivity index (χ1v) is 13.6. The van der Waals surface area contributed by atoms with Crippen LogP contribution in [0.1, 0.15) is 12.8 Å². The number of imidazole rings is 1. The van der Waals surface area contributed by atoms with E-state index in [1.54, 1.807) is 35.0 Å². The van der Waals surface area contributed by atoms with E-state index in [2.05, 4.69) is 10.3 Å². The van der Waals surface area contributed by atoms with E-state index in [9.17, 15) is 17.6 Å². The number of rotatable bonds is 10. The molecule has 0 radical (unpaired) electrons. The number of hydrogen-bond acceptors (Lipinski definition) is 5. The summed E-state index contributed by atoms with van der Waals surface area (Å²) >= 11 is 0. The molecule has 0 spiro atoms. The van der Waals surface area contributed by atoms with Crippen molar-refractivity contribution >= 4 is 21.9 Å². The summed E-state index contributed by atoms with van der Waals surface area (Å²) in [5.41, 5.74) is 2.03. The van der Waals surface area contributed by atoms with E-state index in [4.69, 9.17) is 4.74 Å². The van der Waals surface area contributed by atoms with Gasteiger partial charge in [0.2, 0.25) is 21.9 Å². The van der Waals surface area contributed by atoms with Crippen LogP contribution in [0, 0.1) is 11.7 Å². The average Bonchev–Trinajstić information content (AvgIpc) is 3.66. The fourth-order valence-electron chi connectivity index (χ4n) is 4.07. The fraction of sp³-hybridized carbons (Fsp3) is 0.214. The minimum atomic E-state index is -3.93. The van der Waals surface area contributed by atoms with E-state index in [0.29, 0.717) is 17.1 Å². The second-order valence-electron chi connectivity index (χ2n) is 9.13. The third kappa shape index (κ3) is 5.76. The zero-order valence-electron chi connectivity index (χ0n) is 20.7. The Morgan fingerprint density at radius 1 is 1.05 bits per heavy atom. The molecule has 1 aliphatic carbocycles. The largest absolute Gasteiger partial charge is 0.497 e. The van der Waals surface area contributed by atoms with Crippen LogP contribution in [0.2, 0.25) is 0 Å². The maximum Gasteiger partial charge on any atom is 0.243 e. The molecule has 8 nitrogen and oxygen atoms in total. The van der Waals surface area contributed by atoms with Crippen LogP contribution in [0.3, 0.4) is 0 Å². The molecule has 1 N–H and O–H groups in total. The Kier molecular flexibility index (Phi) is 7.26. The first-order valence-electron chi connectivity index (χ1n) is 12.2. The van der Waals surface area contributed by atoms with Crippen LogP contribution in [0.4, 0.5) is 10.3 Å². The van der Waals surface area contributed by atoms with E-state index in [-0.39, 0.29) is 35.7 Å². The average molecular weight is 535 g/mol. The second kappa shape index (κ2) is 10.8. The van der Waals surface area contributed by atoms with Crippen molar-refractivity contribution in [1.82, 2.24) is 13.9 Å². The van der Waals surface area contributed by atoms with Gasteiger partial charge < -0.3 is 4.74 Å². The van der Waals surface area contributed by atoms with Crippen LogP contribution >= 0.6 is 0 Å². The summed E-state index contributed by atoms with van der Waals surface area (Å²) in [6.45, 7) is -0.120. The van der Waals surface area contributed by atoms with Gasteiger partial charge in [-0.25, -0.2) is 17.8 Å². The number of aromatic nitrogens is 2. The Hall–Kier alpha value is -4.02. The number of amides is 1. The number of methoxy groups -OCH3 is 1. The van der Waals surface area contributed by atoms with E-state index in [0.717, 1.165) is 18.4 Å². The number of carbonyl (C=O) groups excluding carboxylic acids is 1. The number of carbonyl (C=O) groups is 1. The molecule has 1 aliphatic rings. The number of nitrogens with zero attached hydrogens (tertiary/aromatic N) is 3. The van der Waals surface area contributed by atoms with Gasteiger partial charge in [-0.05, 0) is 67.3 Å². The lowest BCUT2D eigenvalue weighted by Crippen LogP contribution is -2.39. The number of sulfonamides is 1. The first kappa shape index (κ1) is 25.6.